The molecule has 0 aliphatic heterocycles. The van der Waals surface area contributed by atoms with E-state index in [1.807, 2.05) is 37.4 Å². The molecule has 0 radical (unpaired) electrons. The van der Waals surface area contributed by atoms with E-state index < -0.39 is 9.84 Å². The van der Waals surface area contributed by atoms with Crippen molar-refractivity contribution in [1.82, 2.24) is 10.3 Å². The van der Waals surface area contributed by atoms with Gasteiger partial charge in [0.2, 0.25) is 5.91 Å². The van der Waals surface area contributed by atoms with Gasteiger partial charge < -0.3 is 10.3 Å². The maximum absolute atomic E-state index is 11.7. The van der Waals surface area contributed by atoms with Gasteiger partial charge in [0.15, 0.2) is 0 Å². The predicted octanol–water partition coefficient (Wildman–Crippen LogP) is 1.78. The van der Waals surface area contributed by atoms with Gasteiger partial charge in [-0.05, 0) is 36.1 Å². The molecule has 20 heavy (non-hydrogen) atoms. The van der Waals surface area contributed by atoms with Crippen molar-refractivity contribution in [2.45, 2.75) is 19.4 Å². The minimum Gasteiger partial charge on any atom is -0.361 e. The molecule has 1 aromatic heterocycles. The van der Waals surface area contributed by atoms with E-state index in [4.69, 9.17) is 0 Å². The average molecular weight is 294 g/mol. The predicted molar refractivity (Wildman–Crippen MR) is 79.2 cm³/mol. The molecule has 2 N–H and O–H groups in total. The van der Waals surface area contributed by atoms with Gasteiger partial charge in [0.1, 0.15) is 9.84 Å². The summed E-state index contributed by atoms with van der Waals surface area (Å²) in [5, 5.41) is 3.90. The van der Waals surface area contributed by atoms with Gasteiger partial charge in [-0.25, -0.2) is 8.42 Å². The molecule has 5 nitrogen and oxygen atoms in total. The summed E-state index contributed by atoms with van der Waals surface area (Å²) >= 11 is 0. The summed E-state index contributed by atoms with van der Waals surface area (Å²) in [7, 11) is -3.11. The lowest BCUT2D eigenvalue weighted by atomic mass is 10.1. The number of nitrogens with one attached hydrogen (secondary N) is 2. The number of sulfone groups is 1. The molecule has 1 aromatic carbocycles. The van der Waals surface area contributed by atoms with Crippen molar-refractivity contribution in [3.05, 3.63) is 36.0 Å². The number of H-pyrrole nitrogens is 1. The molecular weight excluding hydrogens is 276 g/mol. The Balaban J connectivity index is 2.00. The topological polar surface area (TPSA) is 79.0 Å². The van der Waals surface area contributed by atoms with E-state index >= 15 is 0 Å². The van der Waals surface area contributed by atoms with E-state index in [0.717, 1.165) is 22.7 Å². The van der Waals surface area contributed by atoms with Crippen molar-refractivity contribution in [3.63, 3.8) is 0 Å². The number of fused-ring (bicyclic) bond motifs is 1. The van der Waals surface area contributed by atoms with Crippen LogP contribution in [0.25, 0.3) is 10.9 Å². The smallest absolute Gasteiger partial charge is 0.221 e. The van der Waals surface area contributed by atoms with E-state index in [9.17, 15) is 13.2 Å². The fourth-order valence-corrected chi connectivity index (χ4v) is 2.57. The Kier molecular flexibility index (Phi) is 4.13. The first-order valence-electron chi connectivity index (χ1n) is 6.39. The Morgan fingerprint density at radius 1 is 1.35 bits per heavy atom. The molecule has 2 aromatic rings. The summed E-state index contributed by atoms with van der Waals surface area (Å²) in [6.07, 6.45) is 2.99. The van der Waals surface area contributed by atoms with Crippen LogP contribution in [0.2, 0.25) is 0 Å². The highest BCUT2D eigenvalue weighted by atomic mass is 32.2. The summed E-state index contributed by atoms with van der Waals surface area (Å²) < 4.78 is 22.0. The van der Waals surface area contributed by atoms with E-state index in [-0.39, 0.29) is 24.1 Å². The third-order valence-electron chi connectivity index (χ3n) is 3.15. The molecule has 1 heterocycles. The van der Waals surface area contributed by atoms with Crippen LogP contribution in [-0.4, -0.2) is 31.3 Å². The summed E-state index contributed by atoms with van der Waals surface area (Å²) in [5.74, 6) is -0.375. The summed E-state index contributed by atoms with van der Waals surface area (Å²) in [6, 6.07) is 7.73. The standard InChI is InChI=1S/C14H18N2O3S/c1-10(16-14(17)6-8-20(2,18)19)11-3-4-13-12(9-11)5-7-15-13/h3-5,7,9-10,15H,6,8H2,1-2H3,(H,16,17). The van der Waals surface area contributed by atoms with Gasteiger partial charge in [0.25, 0.3) is 0 Å². The van der Waals surface area contributed by atoms with E-state index in [1.54, 1.807) is 0 Å². The largest absolute Gasteiger partial charge is 0.361 e. The van der Waals surface area contributed by atoms with Gasteiger partial charge in [-0.3, -0.25) is 4.79 Å². The molecule has 6 heteroatoms. The van der Waals surface area contributed by atoms with Crippen LogP contribution in [-0.2, 0) is 14.6 Å². The van der Waals surface area contributed by atoms with Crippen LogP contribution in [0.5, 0.6) is 0 Å². The van der Waals surface area contributed by atoms with Crippen molar-refractivity contribution in [3.8, 4) is 0 Å². The molecule has 2 rings (SSSR count). The molecule has 0 aliphatic rings. The van der Waals surface area contributed by atoms with Crippen molar-refractivity contribution in [2.75, 3.05) is 12.0 Å². The molecule has 0 spiro atoms. The number of aromatic amines is 1. The highest BCUT2D eigenvalue weighted by Crippen LogP contribution is 2.19. The molecule has 0 saturated carbocycles. The number of aromatic nitrogens is 1. The molecular formula is C14H18N2O3S. The summed E-state index contributed by atoms with van der Waals surface area (Å²) in [5.41, 5.74) is 2.04. The Morgan fingerprint density at radius 2 is 2.10 bits per heavy atom. The minimum atomic E-state index is -3.11. The average Bonchev–Trinajstić information content (AvgIpc) is 2.82. The SMILES string of the molecule is CC(NC(=O)CCS(C)(=O)=O)c1ccc2[nH]ccc2c1. The van der Waals surface area contributed by atoms with Crippen LogP contribution in [0.3, 0.4) is 0 Å². The lowest BCUT2D eigenvalue weighted by Crippen LogP contribution is -2.28. The van der Waals surface area contributed by atoms with Crippen LogP contribution < -0.4 is 5.32 Å². The zero-order valence-corrected chi connectivity index (χ0v) is 12.3. The first-order valence-corrected chi connectivity index (χ1v) is 8.45. The molecule has 1 unspecified atom stereocenters. The minimum absolute atomic E-state index is 0.00439. The Labute approximate surface area is 118 Å². The van der Waals surface area contributed by atoms with Crippen molar-refractivity contribution < 1.29 is 13.2 Å². The van der Waals surface area contributed by atoms with Gasteiger partial charge in [-0.15, -0.1) is 0 Å². The van der Waals surface area contributed by atoms with Crippen molar-refractivity contribution in [1.29, 1.82) is 0 Å². The van der Waals surface area contributed by atoms with Crippen LogP contribution in [0.15, 0.2) is 30.5 Å². The highest BCUT2D eigenvalue weighted by Gasteiger charge is 2.12. The van der Waals surface area contributed by atoms with Crippen LogP contribution >= 0.6 is 0 Å². The molecule has 1 atom stereocenters. The fourth-order valence-electron chi connectivity index (χ4n) is 2.02. The molecule has 0 bridgehead atoms. The highest BCUT2D eigenvalue weighted by molar-refractivity contribution is 7.90. The van der Waals surface area contributed by atoms with Gasteiger partial charge in [0, 0.05) is 24.4 Å². The second-order valence-corrected chi connectivity index (χ2v) is 7.25. The first-order chi connectivity index (χ1) is 9.35. The van der Waals surface area contributed by atoms with E-state index in [2.05, 4.69) is 10.3 Å². The first kappa shape index (κ1) is 14.6. The number of hydrogen-bond donors (Lipinski definition) is 2. The van der Waals surface area contributed by atoms with E-state index in [1.165, 1.54) is 0 Å². The second kappa shape index (κ2) is 5.66. The fraction of sp³-hybridized carbons (Fsp3) is 0.357. The van der Waals surface area contributed by atoms with Crippen LogP contribution in [0, 0.1) is 0 Å². The second-order valence-electron chi connectivity index (χ2n) is 4.99. The lowest BCUT2D eigenvalue weighted by molar-refractivity contribution is -0.121. The summed E-state index contributed by atoms with van der Waals surface area (Å²) in [6.45, 7) is 1.88. The maximum atomic E-state index is 11.7. The maximum Gasteiger partial charge on any atom is 0.221 e. The molecule has 1 amide bonds. The number of rotatable bonds is 5. The Bertz CT molecular complexity index is 719. The van der Waals surface area contributed by atoms with Gasteiger partial charge >= 0.3 is 0 Å². The molecule has 0 saturated heterocycles. The zero-order valence-electron chi connectivity index (χ0n) is 11.5. The Morgan fingerprint density at radius 3 is 2.80 bits per heavy atom. The molecule has 0 aliphatic carbocycles. The van der Waals surface area contributed by atoms with Gasteiger partial charge in [-0.2, -0.15) is 0 Å². The number of benzene rings is 1. The monoisotopic (exact) mass is 294 g/mol. The Hall–Kier alpha value is -1.82. The van der Waals surface area contributed by atoms with E-state index in [0.29, 0.717) is 0 Å². The lowest BCUT2D eigenvalue weighted by Gasteiger charge is -2.14. The molecule has 108 valence electrons. The van der Waals surface area contributed by atoms with Crippen LogP contribution in [0.4, 0.5) is 0 Å². The third-order valence-corrected chi connectivity index (χ3v) is 4.10. The number of amides is 1. The van der Waals surface area contributed by atoms with Crippen molar-refractivity contribution >= 4 is 26.6 Å². The molecule has 0 fully saturated rings. The number of carbonyl (C=O) groups is 1. The van der Waals surface area contributed by atoms with Crippen molar-refractivity contribution in [2.24, 2.45) is 0 Å². The zero-order chi connectivity index (χ0) is 14.8. The van der Waals surface area contributed by atoms with Gasteiger partial charge in [0.05, 0.1) is 11.8 Å². The number of carbonyl (C=O) groups excluding carboxylic acids is 1. The number of hydrogen-bond acceptors (Lipinski definition) is 3. The normalized spacial score (nSPS) is 13.3. The van der Waals surface area contributed by atoms with Crippen LogP contribution in [0.1, 0.15) is 24.9 Å². The summed E-state index contributed by atoms with van der Waals surface area (Å²) in [4.78, 5) is 14.8. The quantitative estimate of drug-likeness (QED) is 0.882. The third kappa shape index (κ3) is 3.84. The van der Waals surface area contributed by atoms with Gasteiger partial charge in [-0.1, -0.05) is 6.07 Å².